The molecule has 0 atom stereocenters. The highest BCUT2D eigenvalue weighted by molar-refractivity contribution is 7.26. The van der Waals surface area contributed by atoms with Crippen LogP contribution in [0.2, 0.25) is 0 Å². The number of benzene rings is 4. The van der Waals surface area contributed by atoms with Gasteiger partial charge in [-0.25, -0.2) is 4.98 Å². The highest BCUT2D eigenvalue weighted by atomic mass is 32.1. The van der Waals surface area contributed by atoms with Crippen molar-refractivity contribution < 1.29 is 4.42 Å². The van der Waals surface area contributed by atoms with Crippen LogP contribution in [0.3, 0.4) is 0 Å². The van der Waals surface area contributed by atoms with E-state index in [0.29, 0.717) is 5.89 Å². The zero-order valence-electron chi connectivity index (χ0n) is 14.9. The first-order valence-corrected chi connectivity index (χ1v) is 10.1. The lowest BCUT2D eigenvalue weighted by Crippen LogP contribution is -1.81. The lowest BCUT2D eigenvalue weighted by Gasteiger charge is -2.04. The average molecular weight is 377 g/mol. The number of para-hydroxylation sites is 2. The fraction of sp³-hybridized carbons (Fsp3) is 0. The maximum absolute atomic E-state index is 5.90. The molecule has 28 heavy (non-hydrogen) atoms. The van der Waals surface area contributed by atoms with Crippen LogP contribution in [0.25, 0.3) is 53.9 Å². The molecule has 0 radical (unpaired) electrons. The van der Waals surface area contributed by atoms with Crippen molar-refractivity contribution >= 4 is 42.6 Å². The molecule has 0 spiro atoms. The quantitative estimate of drug-likeness (QED) is 0.312. The van der Waals surface area contributed by atoms with Gasteiger partial charge in [0.25, 0.3) is 0 Å². The standard InChI is InChI=1S/C25H15NOS/c1-4-11-23-19(6-1)20-8-5-7-18(24(20)28-23)16-12-14-17(15-13-16)25-26-21-9-2-3-10-22(21)27-25/h1-15H. The van der Waals surface area contributed by atoms with Crippen molar-refractivity contribution in [1.29, 1.82) is 0 Å². The topological polar surface area (TPSA) is 26.0 Å². The van der Waals surface area contributed by atoms with E-state index in [1.54, 1.807) is 0 Å². The fourth-order valence-corrected chi connectivity index (χ4v) is 5.00. The summed E-state index contributed by atoms with van der Waals surface area (Å²) in [5, 5.41) is 2.65. The summed E-state index contributed by atoms with van der Waals surface area (Å²) >= 11 is 1.86. The molecule has 0 saturated heterocycles. The van der Waals surface area contributed by atoms with E-state index in [-0.39, 0.29) is 0 Å². The van der Waals surface area contributed by atoms with Crippen molar-refractivity contribution in [3.63, 3.8) is 0 Å². The Balaban J connectivity index is 1.47. The maximum Gasteiger partial charge on any atom is 0.227 e. The second-order valence-corrected chi connectivity index (χ2v) is 7.90. The van der Waals surface area contributed by atoms with Crippen LogP contribution in [0.5, 0.6) is 0 Å². The molecule has 2 aromatic heterocycles. The summed E-state index contributed by atoms with van der Waals surface area (Å²) in [6, 6.07) is 31.5. The molecule has 132 valence electrons. The van der Waals surface area contributed by atoms with E-state index in [1.807, 2.05) is 35.6 Å². The van der Waals surface area contributed by atoms with Crippen molar-refractivity contribution in [2.45, 2.75) is 0 Å². The second kappa shape index (κ2) is 6.04. The van der Waals surface area contributed by atoms with Gasteiger partial charge in [-0.2, -0.15) is 0 Å². The van der Waals surface area contributed by atoms with Crippen molar-refractivity contribution in [1.82, 2.24) is 4.98 Å². The molecule has 0 aliphatic rings. The molecule has 0 aliphatic carbocycles. The third-order valence-corrected chi connectivity index (χ3v) is 6.36. The van der Waals surface area contributed by atoms with Gasteiger partial charge in [-0.05, 0) is 41.5 Å². The van der Waals surface area contributed by atoms with Gasteiger partial charge in [-0.15, -0.1) is 11.3 Å². The maximum atomic E-state index is 5.90. The first-order valence-electron chi connectivity index (χ1n) is 9.23. The molecular formula is C25H15NOS. The van der Waals surface area contributed by atoms with Crippen LogP contribution in [0.1, 0.15) is 0 Å². The zero-order valence-corrected chi connectivity index (χ0v) is 15.7. The van der Waals surface area contributed by atoms with Gasteiger partial charge in [0.05, 0.1) is 0 Å². The highest BCUT2D eigenvalue weighted by Crippen LogP contribution is 2.40. The zero-order chi connectivity index (χ0) is 18.5. The van der Waals surface area contributed by atoms with E-state index >= 15 is 0 Å². The van der Waals surface area contributed by atoms with Crippen LogP contribution >= 0.6 is 11.3 Å². The molecule has 4 aromatic carbocycles. The van der Waals surface area contributed by atoms with E-state index < -0.39 is 0 Å². The summed E-state index contributed by atoms with van der Waals surface area (Å²) in [7, 11) is 0. The Morgan fingerprint density at radius 1 is 0.643 bits per heavy atom. The summed E-state index contributed by atoms with van der Waals surface area (Å²) in [6.45, 7) is 0. The molecule has 0 amide bonds. The average Bonchev–Trinajstić information content (AvgIpc) is 3.35. The number of fused-ring (bicyclic) bond motifs is 4. The summed E-state index contributed by atoms with van der Waals surface area (Å²) in [4.78, 5) is 4.60. The number of nitrogens with zero attached hydrogens (tertiary/aromatic N) is 1. The first-order chi connectivity index (χ1) is 13.9. The third-order valence-electron chi connectivity index (χ3n) is 5.14. The van der Waals surface area contributed by atoms with Crippen LogP contribution in [0.4, 0.5) is 0 Å². The van der Waals surface area contributed by atoms with Gasteiger partial charge >= 0.3 is 0 Å². The van der Waals surface area contributed by atoms with Crippen LogP contribution in [0.15, 0.2) is 95.4 Å². The first kappa shape index (κ1) is 15.6. The van der Waals surface area contributed by atoms with Crippen LogP contribution in [-0.2, 0) is 0 Å². The molecule has 0 fully saturated rings. The van der Waals surface area contributed by atoms with E-state index in [0.717, 1.165) is 16.7 Å². The number of rotatable bonds is 2. The molecule has 0 unspecified atom stereocenters. The summed E-state index contributed by atoms with van der Waals surface area (Å²) in [5.41, 5.74) is 5.16. The van der Waals surface area contributed by atoms with E-state index in [4.69, 9.17) is 4.42 Å². The lowest BCUT2D eigenvalue weighted by molar-refractivity contribution is 0.620. The number of oxazole rings is 1. The fourth-order valence-electron chi connectivity index (χ4n) is 3.76. The largest absolute Gasteiger partial charge is 0.436 e. The van der Waals surface area contributed by atoms with Gasteiger partial charge in [0, 0.05) is 25.7 Å². The SMILES string of the molecule is c1ccc2oc(-c3ccc(-c4cccc5c4sc4ccccc45)cc3)nc2c1. The summed E-state index contributed by atoms with van der Waals surface area (Å²) < 4.78 is 8.56. The second-order valence-electron chi connectivity index (χ2n) is 6.84. The van der Waals surface area contributed by atoms with Crippen molar-refractivity contribution in [3.05, 3.63) is 91.0 Å². The Labute approximate surface area is 165 Å². The predicted molar refractivity (Wildman–Crippen MR) is 118 cm³/mol. The van der Waals surface area contributed by atoms with Gasteiger partial charge in [0.15, 0.2) is 5.58 Å². The van der Waals surface area contributed by atoms with Crippen LogP contribution in [0, 0.1) is 0 Å². The Morgan fingerprint density at radius 2 is 1.39 bits per heavy atom. The minimum atomic E-state index is 0.660. The van der Waals surface area contributed by atoms with E-state index in [2.05, 4.69) is 71.7 Å². The van der Waals surface area contributed by atoms with Crippen molar-refractivity contribution in [2.75, 3.05) is 0 Å². The van der Waals surface area contributed by atoms with E-state index in [1.165, 1.54) is 31.3 Å². The van der Waals surface area contributed by atoms with Gasteiger partial charge in [0.1, 0.15) is 5.52 Å². The minimum absolute atomic E-state index is 0.660. The number of thiophene rings is 1. The monoisotopic (exact) mass is 377 g/mol. The smallest absolute Gasteiger partial charge is 0.227 e. The number of aromatic nitrogens is 1. The molecule has 6 aromatic rings. The summed E-state index contributed by atoms with van der Waals surface area (Å²) in [5.74, 6) is 0.660. The Bertz CT molecular complexity index is 1420. The number of hydrogen-bond acceptors (Lipinski definition) is 3. The Kier molecular flexibility index (Phi) is 3.37. The predicted octanol–water partition coefficient (Wildman–Crippen LogP) is 7.53. The van der Waals surface area contributed by atoms with E-state index in [9.17, 15) is 0 Å². The van der Waals surface area contributed by atoms with Gasteiger partial charge in [-0.3, -0.25) is 0 Å². The molecule has 2 heterocycles. The molecular weight excluding hydrogens is 362 g/mol. The molecule has 0 aliphatic heterocycles. The highest BCUT2D eigenvalue weighted by Gasteiger charge is 2.11. The Hall–Kier alpha value is -3.43. The summed E-state index contributed by atoms with van der Waals surface area (Å²) in [6.07, 6.45) is 0. The normalized spacial score (nSPS) is 11.6. The van der Waals surface area contributed by atoms with Gasteiger partial charge in [-0.1, -0.05) is 60.7 Å². The van der Waals surface area contributed by atoms with Crippen molar-refractivity contribution in [3.8, 4) is 22.6 Å². The molecule has 0 bridgehead atoms. The third kappa shape index (κ3) is 2.37. The molecule has 0 saturated carbocycles. The Morgan fingerprint density at radius 3 is 2.29 bits per heavy atom. The van der Waals surface area contributed by atoms with Gasteiger partial charge in [0.2, 0.25) is 5.89 Å². The molecule has 3 heteroatoms. The lowest BCUT2D eigenvalue weighted by atomic mass is 10.0. The van der Waals surface area contributed by atoms with Gasteiger partial charge < -0.3 is 4.42 Å². The van der Waals surface area contributed by atoms with Crippen LogP contribution in [-0.4, -0.2) is 4.98 Å². The molecule has 6 rings (SSSR count). The number of hydrogen-bond donors (Lipinski definition) is 0. The molecule has 2 nitrogen and oxygen atoms in total. The van der Waals surface area contributed by atoms with Crippen LogP contribution < -0.4 is 0 Å². The van der Waals surface area contributed by atoms with Crippen molar-refractivity contribution in [2.24, 2.45) is 0 Å². The molecule has 0 N–H and O–H groups in total. The minimum Gasteiger partial charge on any atom is -0.436 e.